The highest BCUT2D eigenvalue weighted by molar-refractivity contribution is 7.84. The largest absolute Gasteiger partial charge is 0.333 e. The first kappa shape index (κ1) is 9.18. The molecule has 74 valence electrons. The average Bonchev–Trinajstić information content (AvgIpc) is 2.58. The third-order valence-electron chi connectivity index (χ3n) is 2.86. The maximum atomic E-state index is 10.5. The zero-order valence-corrected chi connectivity index (χ0v) is 8.03. The normalized spacial score (nSPS) is 37.2. The number of fused-ring (bicyclic) bond motifs is 2. The van der Waals surface area contributed by atoms with Crippen molar-refractivity contribution in [3.8, 4) is 0 Å². The Bertz CT molecular complexity index is 322. The van der Waals surface area contributed by atoms with Crippen molar-refractivity contribution in [3.63, 3.8) is 0 Å². The van der Waals surface area contributed by atoms with Crippen molar-refractivity contribution in [1.82, 2.24) is 0 Å². The fraction of sp³-hybridized carbons (Fsp3) is 0.750. The molecule has 2 aliphatic carbocycles. The first-order valence-corrected chi connectivity index (χ1v) is 5.87. The lowest BCUT2D eigenvalue weighted by Crippen LogP contribution is -2.22. The fourth-order valence-corrected chi connectivity index (χ4v) is 2.63. The van der Waals surface area contributed by atoms with Crippen molar-refractivity contribution in [2.75, 3.05) is 6.61 Å². The standard InChI is InChI=1S/C8H13NO3S/c9-13(10,11)12-5-8-4-6-1-2-7(8)3-6/h1-2,6-8H,3-5H2,(H2,9,10,11). The second-order valence-corrected chi connectivity index (χ2v) is 5.04. The fourth-order valence-electron chi connectivity index (χ4n) is 2.27. The highest BCUT2D eigenvalue weighted by Gasteiger charge is 2.36. The maximum absolute atomic E-state index is 10.5. The van der Waals surface area contributed by atoms with E-state index in [1.807, 2.05) is 0 Å². The molecule has 0 amide bonds. The van der Waals surface area contributed by atoms with Gasteiger partial charge in [0.1, 0.15) is 0 Å². The minimum absolute atomic E-state index is 0.240. The predicted octanol–water partition coefficient (Wildman–Crippen LogP) is 0.419. The summed E-state index contributed by atoms with van der Waals surface area (Å²) in [6.07, 6.45) is 6.55. The van der Waals surface area contributed by atoms with E-state index in [4.69, 9.17) is 5.14 Å². The van der Waals surface area contributed by atoms with Gasteiger partial charge in [-0.3, -0.25) is 4.18 Å². The quantitative estimate of drug-likeness (QED) is 0.676. The lowest BCUT2D eigenvalue weighted by molar-refractivity contribution is 0.233. The number of hydrogen-bond acceptors (Lipinski definition) is 3. The third-order valence-corrected chi connectivity index (χ3v) is 3.33. The lowest BCUT2D eigenvalue weighted by atomic mass is 9.95. The van der Waals surface area contributed by atoms with Crippen LogP contribution in [0.25, 0.3) is 0 Å². The molecular weight excluding hydrogens is 190 g/mol. The summed E-state index contributed by atoms with van der Waals surface area (Å²) in [6, 6.07) is 0. The van der Waals surface area contributed by atoms with Gasteiger partial charge in [-0.05, 0) is 30.6 Å². The second-order valence-electron chi connectivity index (χ2n) is 3.82. The molecular formula is C8H13NO3S. The van der Waals surface area contributed by atoms with Crippen LogP contribution in [0.3, 0.4) is 0 Å². The molecule has 1 saturated carbocycles. The molecule has 4 nitrogen and oxygen atoms in total. The van der Waals surface area contributed by atoms with Crippen LogP contribution in [0.1, 0.15) is 12.8 Å². The van der Waals surface area contributed by atoms with Crippen LogP contribution in [0, 0.1) is 17.8 Å². The highest BCUT2D eigenvalue weighted by atomic mass is 32.2. The maximum Gasteiger partial charge on any atom is 0.333 e. The number of allylic oxidation sites excluding steroid dienone is 2. The molecule has 0 spiro atoms. The topological polar surface area (TPSA) is 69.4 Å². The van der Waals surface area contributed by atoms with Gasteiger partial charge in [0, 0.05) is 0 Å². The van der Waals surface area contributed by atoms with Gasteiger partial charge in [-0.1, -0.05) is 12.2 Å². The number of hydrogen-bond donors (Lipinski definition) is 1. The molecule has 0 radical (unpaired) electrons. The van der Waals surface area contributed by atoms with Crippen molar-refractivity contribution < 1.29 is 12.6 Å². The van der Waals surface area contributed by atoms with Gasteiger partial charge >= 0.3 is 10.3 Å². The predicted molar refractivity (Wildman–Crippen MR) is 47.9 cm³/mol. The van der Waals surface area contributed by atoms with E-state index in [1.165, 1.54) is 0 Å². The smallest absolute Gasteiger partial charge is 0.258 e. The molecule has 0 aromatic carbocycles. The number of rotatable bonds is 3. The molecule has 0 aliphatic heterocycles. The van der Waals surface area contributed by atoms with Gasteiger partial charge < -0.3 is 0 Å². The molecule has 0 aromatic heterocycles. The Hall–Kier alpha value is -0.390. The van der Waals surface area contributed by atoms with Crippen LogP contribution in [-0.4, -0.2) is 15.0 Å². The zero-order chi connectivity index (χ0) is 9.47. The first-order valence-electron chi connectivity index (χ1n) is 4.40. The van der Waals surface area contributed by atoms with Crippen LogP contribution in [0.5, 0.6) is 0 Å². The Labute approximate surface area is 78.0 Å². The second kappa shape index (κ2) is 3.08. The van der Waals surface area contributed by atoms with Gasteiger partial charge in [-0.15, -0.1) is 0 Å². The summed E-state index contributed by atoms with van der Waals surface area (Å²) in [4.78, 5) is 0. The first-order chi connectivity index (χ1) is 6.04. The summed E-state index contributed by atoms with van der Waals surface area (Å²) in [5.41, 5.74) is 0. The molecule has 13 heavy (non-hydrogen) atoms. The highest BCUT2D eigenvalue weighted by Crippen LogP contribution is 2.43. The van der Waals surface area contributed by atoms with Gasteiger partial charge in [0.05, 0.1) is 6.61 Å². The molecule has 0 heterocycles. The minimum Gasteiger partial charge on any atom is -0.258 e. The Balaban J connectivity index is 1.88. The molecule has 2 aliphatic rings. The van der Waals surface area contributed by atoms with Gasteiger partial charge in [0.2, 0.25) is 0 Å². The molecule has 0 aromatic rings. The van der Waals surface area contributed by atoms with Crippen molar-refractivity contribution in [3.05, 3.63) is 12.2 Å². The van der Waals surface area contributed by atoms with Crippen LogP contribution in [0.15, 0.2) is 12.2 Å². The molecule has 1 fully saturated rings. The van der Waals surface area contributed by atoms with E-state index >= 15 is 0 Å². The van der Waals surface area contributed by atoms with Crippen LogP contribution >= 0.6 is 0 Å². The van der Waals surface area contributed by atoms with Crippen LogP contribution in [0.4, 0.5) is 0 Å². The molecule has 3 atom stereocenters. The summed E-state index contributed by atoms with van der Waals surface area (Å²) < 4.78 is 25.6. The molecule has 5 heteroatoms. The lowest BCUT2D eigenvalue weighted by Gasteiger charge is -2.16. The average molecular weight is 203 g/mol. The molecule has 2 rings (SSSR count). The Morgan fingerprint density at radius 2 is 2.15 bits per heavy atom. The summed E-state index contributed by atoms with van der Waals surface area (Å²) >= 11 is 0. The van der Waals surface area contributed by atoms with E-state index in [0.717, 1.165) is 12.8 Å². The van der Waals surface area contributed by atoms with E-state index in [1.54, 1.807) is 0 Å². The summed E-state index contributed by atoms with van der Waals surface area (Å²) in [5, 5.41) is 4.74. The Morgan fingerprint density at radius 1 is 1.38 bits per heavy atom. The van der Waals surface area contributed by atoms with Crippen LogP contribution < -0.4 is 5.14 Å². The summed E-state index contributed by atoms with van der Waals surface area (Å²) in [6.45, 7) is 0.240. The molecule has 0 saturated heterocycles. The van der Waals surface area contributed by atoms with Crippen molar-refractivity contribution in [2.24, 2.45) is 22.9 Å². The monoisotopic (exact) mass is 203 g/mol. The summed E-state index contributed by atoms with van der Waals surface area (Å²) in [5.74, 6) is 1.49. The van der Waals surface area contributed by atoms with E-state index in [2.05, 4.69) is 16.3 Å². The molecule has 3 unspecified atom stereocenters. The zero-order valence-electron chi connectivity index (χ0n) is 7.22. The van der Waals surface area contributed by atoms with Gasteiger partial charge in [-0.2, -0.15) is 8.42 Å². The molecule has 2 bridgehead atoms. The molecule has 2 N–H and O–H groups in total. The Morgan fingerprint density at radius 3 is 2.62 bits per heavy atom. The van der Waals surface area contributed by atoms with Crippen molar-refractivity contribution >= 4 is 10.3 Å². The van der Waals surface area contributed by atoms with Gasteiger partial charge in [-0.25, -0.2) is 5.14 Å². The van der Waals surface area contributed by atoms with E-state index in [9.17, 15) is 8.42 Å². The summed E-state index contributed by atoms with van der Waals surface area (Å²) in [7, 11) is -3.75. The van der Waals surface area contributed by atoms with E-state index < -0.39 is 10.3 Å². The third kappa shape index (κ3) is 2.10. The van der Waals surface area contributed by atoms with E-state index in [0.29, 0.717) is 17.8 Å². The SMILES string of the molecule is NS(=O)(=O)OCC1CC2C=CC1C2. The van der Waals surface area contributed by atoms with Crippen molar-refractivity contribution in [1.29, 1.82) is 0 Å². The van der Waals surface area contributed by atoms with Gasteiger partial charge in [0.15, 0.2) is 0 Å². The van der Waals surface area contributed by atoms with Crippen molar-refractivity contribution in [2.45, 2.75) is 12.8 Å². The van der Waals surface area contributed by atoms with Gasteiger partial charge in [0.25, 0.3) is 0 Å². The minimum atomic E-state index is -3.75. The Kier molecular flexibility index (Phi) is 2.17. The van der Waals surface area contributed by atoms with Crippen LogP contribution in [-0.2, 0) is 14.5 Å². The van der Waals surface area contributed by atoms with Crippen LogP contribution in [0.2, 0.25) is 0 Å². The van der Waals surface area contributed by atoms with E-state index in [-0.39, 0.29) is 6.61 Å². The number of nitrogens with two attached hydrogens (primary N) is 1.